The number of rotatable bonds is 5. The van der Waals surface area contributed by atoms with E-state index in [0.717, 1.165) is 33.5 Å². The van der Waals surface area contributed by atoms with E-state index in [1.165, 1.54) is 18.4 Å². The lowest BCUT2D eigenvalue weighted by molar-refractivity contribution is -0.127. The van der Waals surface area contributed by atoms with Crippen LogP contribution in [0.25, 0.3) is 0 Å². The number of thiazole rings is 1. The molecule has 1 unspecified atom stereocenters. The van der Waals surface area contributed by atoms with Crippen LogP contribution in [0.3, 0.4) is 0 Å². The number of carbonyl (C=O) groups excluding carboxylic acids is 2. The molecule has 6 nitrogen and oxygen atoms in total. The van der Waals surface area contributed by atoms with Crippen molar-refractivity contribution in [2.24, 2.45) is 5.41 Å². The van der Waals surface area contributed by atoms with Crippen LogP contribution in [-0.4, -0.2) is 24.0 Å². The van der Waals surface area contributed by atoms with Crippen LogP contribution < -0.4 is 5.32 Å². The quantitative estimate of drug-likeness (QED) is 0.335. The van der Waals surface area contributed by atoms with Crippen molar-refractivity contribution in [3.05, 3.63) is 117 Å². The van der Waals surface area contributed by atoms with Crippen molar-refractivity contribution >= 4 is 28.3 Å². The van der Waals surface area contributed by atoms with Crippen LogP contribution in [-0.2, 0) is 21.4 Å². The summed E-state index contributed by atoms with van der Waals surface area (Å²) in [5, 5.41) is 16.1. The van der Waals surface area contributed by atoms with Gasteiger partial charge in [-0.25, -0.2) is 9.78 Å². The summed E-state index contributed by atoms with van der Waals surface area (Å²) in [5.41, 5.74) is 4.73. The molecule has 0 spiro atoms. The summed E-state index contributed by atoms with van der Waals surface area (Å²) in [5.74, 6) is -0.657. The molecule has 1 atom stereocenters. The maximum Gasteiger partial charge on any atom is 0.337 e. The molecule has 4 aromatic rings. The molecule has 7 heteroatoms. The predicted molar refractivity (Wildman–Crippen MR) is 145 cm³/mol. The Morgan fingerprint density at radius 3 is 2.29 bits per heavy atom. The van der Waals surface area contributed by atoms with Gasteiger partial charge in [-0.1, -0.05) is 60.7 Å². The average molecular weight is 520 g/mol. The number of benzene rings is 3. The second-order valence-corrected chi connectivity index (χ2v) is 11.0. The molecule has 0 saturated heterocycles. The highest BCUT2D eigenvalue weighted by molar-refractivity contribution is 7.13. The van der Waals surface area contributed by atoms with Gasteiger partial charge in [0.2, 0.25) is 5.91 Å². The van der Waals surface area contributed by atoms with Crippen molar-refractivity contribution < 1.29 is 14.3 Å². The first-order chi connectivity index (χ1) is 18.4. The normalized spacial score (nSPS) is 22.6. The standard InChI is InChI=1S/C31H25N3O3S/c1-30(17-31(18-32)24-9-5-3-7-22(24)26(30)23-8-4-6-10-25(23)31)28(36)34-29-33-21(16-38-29)15-19-11-13-20(14-12-19)27(35)37-2/h3-14,16,26H,15,17H2,1-2H3,(H,33,34,36). The Labute approximate surface area is 224 Å². The van der Waals surface area contributed by atoms with E-state index in [1.54, 1.807) is 12.1 Å². The first-order valence-corrected chi connectivity index (χ1v) is 13.3. The number of aromatic nitrogens is 1. The first kappa shape index (κ1) is 24.1. The number of nitriles is 1. The highest BCUT2D eigenvalue weighted by Crippen LogP contribution is 2.63. The van der Waals surface area contributed by atoms with Gasteiger partial charge in [-0.05, 0) is 53.3 Å². The lowest BCUT2D eigenvalue weighted by Crippen LogP contribution is -2.53. The number of ether oxygens (including phenoxy) is 1. The summed E-state index contributed by atoms with van der Waals surface area (Å²) in [6.07, 6.45) is 0.984. The Hall–Kier alpha value is -4.28. The zero-order valence-corrected chi connectivity index (χ0v) is 21.8. The molecular formula is C31H25N3O3S. The number of nitrogens with one attached hydrogen (secondary N) is 1. The highest BCUT2D eigenvalue weighted by Gasteiger charge is 2.61. The molecule has 0 saturated carbocycles. The van der Waals surface area contributed by atoms with E-state index in [0.29, 0.717) is 23.5 Å². The van der Waals surface area contributed by atoms with Gasteiger partial charge in [-0.2, -0.15) is 5.26 Å². The van der Waals surface area contributed by atoms with E-state index >= 15 is 0 Å². The first-order valence-electron chi connectivity index (χ1n) is 12.4. The number of methoxy groups -OCH3 is 1. The number of carbonyl (C=O) groups is 2. The largest absolute Gasteiger partial charge is 0.465 e. The molecule has 0 aliphatic heterocycles. The summed E-state index contributed by atoms with van der Waals surface area (Å²) in [6.45, 7) is 1.97. The molecule has 3 aliphatic carbocycles. The number of hydrogen-bond donors (Lipinski definition) is 1. The van der Waals surface area contributed by atoms with Crippen molar-refractivity contribution in [2.45, 2.75) is 31.1 Å². The average Bonchev–Trinajstić information content (AvgIpc) is 3.39. The Bertz CT molecular complexity index is 1570. The van der Waals surface area contributed by atoms with Crippen LogP contribution in [0.2, 0.25) is 0 Å². The van der Waals surface area contributed by atoms with Crippen LogP contribution in [0.4, 0.5) is 5.13 Å². The number of esters is 1. The molecule has 1 aromatic heterocycles. The molecule has 2 bridgehead atoms. The van der Waals surface area contributed by atoms with Crippen molar-refractivity contribution in [1.82, 2.24) is 4.98 Å². The molecule has 0 fully saturated rings. The van der Waals surface area contributed by atoms with Gasteiger partial charge in [0.15, 0.2) is 5.13 Å². The number of amides is 1. The highest BCUT2D eigenvalue weighted by atomic mass is 32.1. The topological polar surface area (TPSA) is 92.1 Å². The molecular weight excluding hydrogens is 494 g/mol. The van der Waals surface area contributed by atoms with E-state index < -0.39 is 10.8 Å². The Kier molecular flexibility index (Phi) is 5.66. The number of nitrogens with zero attached hydrogens (tertiary/aromatic N) is 2. The molecule has 1 heterocycles. The summed E-state index contributed by atoms with van der Waals surface area (Å²) >= 11 is 1.39. The van der Waals surface area contributed by atoms with Gasteiger partial charge in [-0.3, -0.25) is 4.79 Å². The second-order valence-electron chi connectivity index (χ2n) is 10.2. The molecule has 188 valence electrons. The minimum absolute atomic E-state index is 0.130. The van der Waals surface area contributed by atoms with E-state index in [9.17, 15) is 14.9 Å². The zero-order chi connectivity index (χ0) is 26.5. The van der Waals surface area contributed by atoms with Crippen LogP contribution >= 0.6 is 11.3 Å². The van der Waals surface area contributed by atoms with E-state index in [2.05, 4.69) is 28.5 Å². The van der Waals surface area contributed by atoms with Crippen LogP contribution in [0.15, 0.2) is 78.2 Å². The maximum absolute atomic E-state index is 14.0. The van der Waals surface area contributed by atoms with Crippen LogP contribution in [0.1, 0.15) is 63.1 Å². The van der Waals surface area contributed by atoms with Crippen molar-refractivity contribution in [2.75, 3.05) is 12.4 Å². The van der Waals surface area contributed by atoms with Gasteiger partial charge in [-0.15, -0.1) is 11.3 Å². The fourth-order valence-corrected chi connectivity index (χ4v) is 6.96. The Morgan fingerprint density at radius 2 is 1.68 bits per heavy atom. The van der Waals surface area contributed by atoms with Crippen LogP contribution in [0.5, 0.6) is 0 Å². The molecule has 1 N–H and O–H groups in total. The number of hydrogen-bond acceptors (Lipinski definition) is 6. The molecule has 38 heavy (non-hydrogen) atoms. The van der Waals surface area contributed by atoms with E-state index in [1.807, 2.05) is 60.8 Å². The van der Waals surface area contributed by atoms with Gasteiger partial charge in [0.05, 0.1) is 29.9 Å². The number of fused-ring (bicyclic) bond motifs is 1. The molecule has 3 aliphatic rings. The predicted octanol–water partition coefficient (Wildman–Crippen LogP) is 5.82. The third-order valence-electron chi connectivity index (χ3n) is 7.97. The fraction of sp³-hybridized carbons (Fsp3) is 0.226. The molecule has 0 radical (unpaired) electrons. The van der Waals surface area contributed by atoms with Crippen molar-refractivity contribution in [3.63, 3.8) is 0 Å². The lowest BCUT2D eigenvalue weighted by atomic mass is 9.47. The lowest BCUT2D eigenvalue weighted by Gasteiger charge is -2.54. The van der Waals surface area contributed by atoms with Gasteiger partial charge in [0.1, 0.15) is 5.41 Å². The monoisotopic (exact) mass is 519 g/mol. The Balaban J connectivity index is 1.28. The summed E-state index contributed by atoms with van der Waals surface area (Å²) in [4.78, 5) is 30.3. The van der Waals surface area contributed by atoms with Gasteiger partial charge in [0.25, 0.3) is 0 Å². The Morgan fingerprint density at radius 1 is 1.05 bits per heavy atom. The summed E-state index contributed by atoms with van der Waals surface area (Å²) in [7, 11) is 1.36. The molecule has 3 aromatic carbocycles. The van der Waals surface area contributed by atoms with Crippen molar-refractivity contribution in [3.8, 4) is 6.07 Å². The number of anilines is 1. The minimum atomic E-state index is -0.877. The third-order valence-corrected chi connectivity index (χ3v) is 8.78. The maximum atomic E-state index is 14.0. The summed E-state index contributed by atoms with van der Waals surface area (Å²) < 4.78 is 4.76. The van der Waals surface area contributed by atoms with Gasteiger partial charge < -0.3 is 10.1 Å². The third kappa shape index (κ3) is 3.56. The summed E-state index contributed by atoms with van der Waals surface area (Å²) in [6, 6.07) is 25.9. The van der Waals surface area contributed by atoms with Gasteiger partial charge >= 0.3 is 5.97 Å². The van der Waals surface area contributed by atoms with Gasteiger partial charge in [0, 0.05) is 17.7 Å². The zero-order valence-electron chi connectivity index (χ0n) is 21.0. The SMILES string of the molecule is COC(=O)c1ccc(Cc2csc(NC(=O)C3(C)CC4(C#N)c5ccccc5C3c3ccccc34)n2)cc1. The van der Waals surface area contributed by atoms with Crippen LogP contribution in [0, 0.1) is 16.7 Å². The van der Waals surface area contributed by atoms with E-state index in [4.69, 9.17) is 4.74 Å². The minimum Gasteiger partial charge on any atom is -0.465 e. The molecule has 7 rings (SSSR count). The fourth-order valence-electron chi connectivity index (χ4n) is 6.26. The van der Waals surface area contributed by atoms with E-state index in [-0.39, 0.29) is 17.8 Å². The molecule has 1 amide bonds. The van der Waals surface area contributed by atoms with Crippen molar-refractivity contribution in [1.29, 1.82) is 5.26 Å². The second kappa shape index (κ2) is 8.93. The smallest absolute Gasteiger partial charge is 0.337 e.